The molecule has 1 aliphatic heterocycles. The van der Waals surface area contributed by atoms with Gasteiger partial charge in [0.2, 0.25) is 0 Å². The van der Waals surface area contributed by atoms with Crippen molar-refractivity contribution in [2.75, 3.05) is 4.43 Å². The summed E-state index contributed by atoms with van der Waals surface area (Å²) in [6, 6.07) is 0. The van der Waals surface area contributed by atoms with Gasteiger partial charge in [-0.3, -0.25) is 0 Å². The third-order valence-corrected chi connectivity index (χ3v) is 5.78. The van der Waals surface area contributed by atoms with E-state index in [1.165, 1.54) is 25.7 Å². The van der Waals surface area contributed by atoms with Gasteiger partial charge in [0, 0.05) is 0 Å². The molecule has 0 spiro atoms. The molecule has 0 bridgehead atoms. The Morgan fingerprint density at radius 2 is 2.27 bits per heavy atom. The van der Waals surface area contributed by atoms with Crippen molar-refractivity contribution in [2.24, 2.45) is 11.8 Å². The maximum atomic E-state index is 2.61. The normalized spacial score (nSPS) is 30.4. The highest BCUT2D eigenvalue weighted by atomic mass is 127. The highest BCUT2D eigenvalue weighted by Gasteiger charge is 2.17. The van der Waals surface area contributed by atoms with Crippen LogP contribution in [0.1, 0.15) is 39.5 Å². The zero-order valence-corrected chi connectivity index (χ0v) is 9.80. The van der Waals surface area contributed by atoms with E-state index in [4.69, 9.17) is 0 Å². The SMILES string of the molecule is CCCCCC1CI=CC1C. The molecule has 0 aromatic carbocycles. The van der Waals surface area contributed by atoms with Gasteiger partial charge in [-0.05, 0) is 22.7 Å². The van der Waals surface area contributed by atoms with E-state index in [0.717, 1.165) is 11.8 Å². The van der Waals surface area contributed by atoms with Gasteiger partial charge in [-0.15, -0.1) is 20.7 Å². The van der Waals surface area contributed by atoms with Crippen LogP contribution in [0.5, 0.6) is 0 Å². The Hall–Kier alpha value is 0.600. The van der Waals surface area contributed by atoms with Crippen LogP contribution in [-0.2, 0) is 0 Å². The molecule has 11 heavy (non-hydrogen) atoms. The van der Waals surface area contributed by atoms with Gasteiger partial charge < -0.3 is 0 Å². The lowest BCUT2D eigenvalue weighted by Crippen LogP contribution is -2.08. The van der Waals surface area contributed by atoms with Crippen LogP contribution in [0.4, 0.5) is 0 Å². The van der Waals surface area contributed by atoms with E-state index in [-0.39, 0.29) is 0 Å². The fourth-order valence-electron chi connectivity index (χ4n) is 1.55. The Morgan fingerprint density at radius 3 is 2.82 bits per heavy atom. The number of hydrogen-bond acceptors (Lipinski definition) is 0. The van der Waals surface area contributed by atoms with Gasteiger partial charge in [0.25, 0.3) is 0 Å². The molecule has 0 aromatic heterocycles. The molecule has 1 heteroatoms. The lowest BCUT2D eigenvalue weighted by Gasteiger charge is -2.13. The number of rotatable bonds is 4. The van der Waals surface area contributed by atoms with Crippen molar-refractivity contribution in [3.8, 4) is 0 Å². The highest BCUT2D eigenvalue weighted by molar-refractivity contribution is 14.2. The number of halogens is 1. The quantitative estimate of drug-likeness (QED) is 0.414. The minimum absolute atomic E-state index is 0.515. The third-order valence-electron chi connectivity index (χ3n) is 2.50. The molecule has 0 amide bonds. The first-order valence-corrected chi connectivity index (χ1v) is 7.52. The summed E-state index contributed by atoms with van der Waals surface area (Å²) in [6.07, 6.45) is 5.80. The van der Waals surface area contributed by atoms with Crippen LogP contribution < -0.4 is 0 Å². The van der Waals surface area contributed by atoms with Gasteiger partial charge in [0.05, 0.1) is 0 Å². The van der Waals surface area contributed by atoms with Crippen LogP contribution in [0.2, 0.25) is 0 Å². The molecule has 0 saturated carbocycles. The van der Waals surface area contributed by atoms with Crippen LogP contribution in [0.15, 0.2) is 0 Å². The topological polar surface area (TPSA) is 0 Å². The van der Waals surface area contributed by atoms with Crippen LogP contribution in [0.25, 0.3) is 0 Å². The largest absolute Gasteiger partial charge is 0.127 e. The monoisotopic (exact) mass is 266 g/mol. The number of hydrogen-bond donors (Lipinski definition) is 0. The third kappa shape index (κ3) is 3.22. The zero-order valence-electron chi connectivity index (χ0n) is 7.65. The second kappa shape index (κ2) is 5.28. The van der Waals surface area contributed by atoms with Crippen molar-refractivity contribution in [3.05, 3.63) is 0 Å². The van der Waals surface area contributed by atoms with Crippen molar-refractivity contribution < 1.29 is 0 Å². The molecular weight excluding hydrogens is 247 g/mol. The molecule has 0 radical (unpaired) electrons. The van der Waals surface area contributed by atoms with Crippen molar-refractivity contribution in [1.29, 1.82) is 0 Å². The molecule has 1 heterocycles. The fourth-order valence-corrected chi connectivity index (χ4v) is 5.12. The minimum Gasteiger partial charge on any atom is -0.127 e. The standard InChI is InChI=1S/C10H19I/c1-3-4-5-6-10-8-11-7-9(10)2/h7,9-10H,3-6,8H2,1-2H3. The molecule has 1 aliphatic rings. The average molecular weight is 266 g/mol. The van der Waals surface area contributed by atoms with Crippen LogP contribution >= 0.6 is 20.7 Å². The van der Waals surface area contributed by atoms with E-state index in [1.807, 2.05) is 0 Å². The van der Waals surface area contributed by atoms with Crippen LogP contribution in [-0.4, -0.2) is 8.44 Å². The van der Waals surface area contributed by atoms with E-state index in [9.17, 15) is 0 Å². The lowest BCUT2D eigenvalue weighted by molar-refractivity contribution is 0.449. The Bertz CT molecular complexity index is 129. The summed E-state index contributed by atoms with van der Waals surface area (Å²) < 4.78 is 4.18. The molecule has 0 nitrogen and oxygen atoms in total. The molecular formula is C10H19I. The number of alkyl halides is 1. The summed E-state index contributed by atoms with van der Waals surface area (Å²) in [7, 11) is 0. The van der Waals surface area contributed by atoms with Gasteiger partial charge >= 0.3 is 0 Å². The van der Waals surface area contributed by atoms with E-state index in [2.05, 4.69) is 17.9 Å². The van der Waals surface area contributed by atoms with E-state index >= 15 is 0 Å². The Labute approximate surface area is 80.5 Å². The maximum Gasteiger partial charge on any atom is -0.00210 e. The van der Waals surface area contributed by atoms with E-state index in [1.54, 1.807) is 4.43 Å². The average Bonchev–Trinajstić information content (AvgIpc) is 2.37. The van der Waals surface area contributed by atoms with Crippen molar-refractivity contribution in [2.45, 2.75) is 39.5 Å². The molecule has 2 unspecified atom stereocenters. The summed E-state index contributed by atoms with van der Waals surface area (Å²) in [5.41, 5.74) is 0. The smallest absolute Gasteiger partial charge is 0.00210 e. The van der Waals surface area contributed by atoms with Gasteiger partial charge in [0.1, 0.15) is 0 Å². The number of unbranched alkanes of at least 4 members (excludes halogenated alkanes) is 2. The Kier molecular flexibility index (Phi) is 4.65. The lowest BCUT2D eigenvalue weighted by atomic mass is 9.92. The van der Waals surface area contributed by atoms with Gasteiger partial charge in [-0.25, -0.2) is 0 Å². The van der Waals surface area contributed by atoms with Crippen LogP contribution in [0.3, 0.4) is 0 Å². The summed E-state index contributed by atoms with van der Waals surface area (Å²) in [5.74, 6) is 2.04. The summed E-state index contributed by atoms with van der Waals surface area (Å²) >= 11 is 0.515. The second-order valence-electron chi connectivity index (χ2n) is 3.55. The molecule has 0 aliphatic carbocycles. The summed E-state index contributed by atoms with van der Waals surface area (Å²) in [6.45, 7) is 4.69. The second-order valence-corrected chi connectivity index (χ2v) is 6.03. The van der Waals surface area contributed by atoms with Gasteiger partial charge in [0.15, 0.2) is 0 Å². The molecule has 1 rings (SSSR count). The Balaban J connectivity index is 2.08. The zero-order chi connectivity index (χ0) is 8.10. The highest BCUT2D eigenvalue weighted by Crippen LogP contribution is 2.28. The molecule has 0 fully saturated rings. The van der Waals surface area contributed by atoms with Gasteiger partial charge in [-0.1, -0.05) is 37.1 Å². The fraction of sp³-hybridized carbons (Fsp3) is 0.900. The van der Waals surface area contributed by atoms with Gasteiger partial charge in [-0.2, -0.15) is 0 Å². The first kappa shape index (κ1) is 9.69. The molecule has 2 atom stereocenters. The predicted molar refractivity (Wildman–Crippen MR) is 61.7 cm³/mol. The minimum atomic E-state index is 0.515. The molecule has 0 N–H and O–H groups in total. The molecule has 0 aromatic rings. The van der Waals surface area contributed by atoms with Crippen molar-refractivity contribution in [3.63, 3.8) is 0 Å². The van der Waals surface area contributed by atoms with E-state index in [0.29, 0.717) is 20.7 Å². The Morgan fingerprint density at radius 1 is 1.45 bits per heavy atom. The summed E-state index contributed by atoms with van der Waals surface area (Å²) in [4.78, 5) is 0. The first-order chi connectivity index (χ1) is 5.34. The predicted octanol–water partition coefficient (Wildman–Crippen LogP) is 3.61. The summed E-state index contributed by atoms with van der Waals surface area (Å²) in [5, 5.41) is 0. The first-order valence-electron chi connectivity index (χ1n) is 4.75. The van der Waals surface area contributed by atoms with Crippen molar-refractivity contribution in [1.82, 2.24) is 0 Å². The molecule has 66 valence electrons. The maximum absolute atomic E-state index is 2.61. The van der Waals surface area contributed by atoms with Crippen molar-refractivity contribution >= 4 is 24.7 Å². The van der Waals surface area contributed by atoms with E-state index < -0.39 is 0 Å². The molecule has 0 saturated heterocycles. The van der Waals surface area contributed by atoms with Crippen LogP contribution in [0, 0.1) is 11.8 Å².